The smallest absolute Gasteiger partial charge is 0.309 e. The highest BCUT2D eigenvalue weighted by Gasteiger charge is 2.66. The van der Waals surface area contributed by atoms with Gasteiger partial charge in [0.1, 0.15) is 5.78 Å². The fourth-order valence-electron chi connectivity index (χ4n) is 8.86. The second-order valence-corrected chi connectivity index (χ2v) is 13.8. The Morgan fingerprint density at radius 2 is 1.83 bits per heavy atom. The van der Waals surface area contributed by atoms with Crippen molar-refractivity contribution < 1.29 is 19.4 Å². The number of esters is 1. The summed E-state index contributed by atoms with van der Waals surface area (Å²) in [4.78, 5) is 26.0. The van der Waals surface area contributed by atoms with Gasteiger partial charge in [0.2, 0.25) is 0 Å². The maximum Gasteiger partial charge on any atom is 0.309 e. The average Bonchev–Trinajstić information content (AvgIpc) is 3.02. The molecule has 4 aliphatic rings. The highest BCUT2D eigenvalue weighted by molar-refractivity contribution is 5.86. The predicted molar refractivity (Wildman–Crippen MR) is 144 cm³/mol. The van der Waals surface area contributed by atoms with E-state index >= 15 is 0 Å². The summed E-state index contributed by atoms with van der Waals surface area (Å²) in [7, 11) is 1.46. The van der Waals surface area contributed by atoms with Crippen molar-refractivity contribution in [3.63, 3.8) is 0 Å². The molecule has 0 radical (unpaired) electrons. The number of rotatable bonds is 6. The Morgan fingerprint density at radius 1 is 1.17 bits per heavy atom. The molecule has 0 aromatic rings. The van der Waals surface area contributed by atoms with Crippen molar-refractivity contribution in [1.29, 1.82) is 0 Å². The molecule has 4 heteroatoms. The van der Waals surface area contributed by atoms with Crippen LogP contribution in [0.3, 0.4) is 0 Å². The normalized spacial score (nSPS) is 39.9. The molecule has 0 aliphatic heterocycles. The van der Waals surface area contributed by atoms with Gasteiger partial charge in [0.15, 0.2) is 0 Å². The van der Waals surface area contributed by atoms with E-state index in [2.05, 4.69) is 67.2 Å². The minimum Gasteiger partial charge on any atom is -0.469 e. The van der Waals surface area contributed by atoms with Crippen LogP contribution < -0.4 is 0 Å². The van der Waals surface area contributed by atoms with Gasteiger partial charge in [-0.15, -0.1) is 0 Å². The topological polar surface area (TPSA) is 63.6 Å². The average molecular weight is 497 g/mol. The maximum atomic E-state index is 13.1. The van der Waals surface area contributed by atoms with Crippen LogP contribution >= 0.6 is 0 Å². The first-order valence-electron chi connectivity index (χ1n) is 14.0. The molecule has 1 N–H and O–H groups in total. The van der Waals surface area contributed by atoms with E-state index in [1.54, 1.807) is 0 Å². The molecule has 0 saturated heterocycles. The fraction of sp³-hybridized carbons (Fsp3) is 0.750. The largest absolute Gasteiger partial charge is 0.469 e. The summed E-state index contributed by atoms with van der Waals surface area (Å²) in [5, 5.41) is 11.6. The first kappa shape index (κ1) is 27.4. The van der Waals surface area contributed by atoms with Gasteiger partial charge in [0, 0.05) is 23.2 Å². The third-order valence-electron chi connectivity index (χ3n) is 11.6. The molecule has 0 spiro atoms. The number of ketones is 1. The van der Waals surface area contributed by atoms with Crippen LogP contribution in [0.1, 0.15) is 93.4 Å². The first-order valence-corrected chi connectivity index (χ1v) is 14.0. The van der Waals surface area contributed by atoms with E-state index in [9.17, 15) is 14.7 Å². The number of hydrogen-bond donors (Lipinski definition) is 1. The fourth-order valence-corrected chi connectivity index (χ4v) is 8.86. The summed E-state index contributed by atoms with van der Waals surface area (Å²) in [5.74, 6) is 0.291. The Kier molecular flexibility index (Phi) is 6.81. The van der Waals surface area contributed by atoms with Crippen molar-refractivity contribution in [3.8, 4) is 0 Å². The summed E-state index contributed by atoms with van der Waals surface area (Å²) < 4.78 is 5.31. The SMILES string of the molecule is C=C(CCC(C(=O)OC)C1C(O)CC2(C)C3=CCC4C(C)(C)C(=O)CCC4(C)C3=CCC12C)C(C)C. The van der Waals surface area contributed by atoms with Crippen LogP contribution in [0.4, 0.5) is 0 Å². The molecular formula is C32H48O4. The molecular weight excluding hydrogens is 448 g/mol. The van der Waals surface area contributed by atoms with Gasteiger partial charge in [-0.1, -0.05) is 72.8 Å². The number of fused-ring (bicyclic) bond motifs is 5. The van der Waals surface area contributed by atoms with Gasteiger partial charge in [-0.05, 0) is 72.3 Å². The maximum absolute atomic E-state index is 13.1. The quantitative estimate of drug-likeness (QED) is 0.323. The Morgan fingerprint density at radius 3 is 2.44 bits per heavy atom. The number of carbonyl (C=O) groups excluding carboxylic acids is 2. The monoisotopic (exact) mass is 496 g/mol. The number of aliphatic hydroxyl groups is 1. The zero-order chi connectivity index (χ0) is 26.8. The van der Waals surface area contributed by atoms with E-state index in [1.165, 1.54) is 18.3 Å². The Hall–Kier alpha value is -1.68. The second kappa shape index (κ2) is 8.96. The number of carbonyl (C=O) groups is 2. The third-order valence-corrected chi connectivity index (χ3v) is 11.6. The van der Waals surface area contributed by atoms with Crippen LogP contribution in [0.2, 0.25) is 0 Å². The standard InChI is InChI=1S/C32H48O4/c1-19(2)20(3)10-11-21(28(35)36-9)27-24(33)18-32(8)23-12-13-25-29(4,5)26(34)15-16-30(25,6)22(23)14-17-31(27,32)7/h12,14,19,21,24-25,27,33H,3,10-11,13,15-18H2,1-2,4-9H3. The molecule has 0 aromatic heterocycles. The predicted octanol–water partition coefficient (Wildman–Crippen LogP) is 6.83. The van der Waals surface area contributed by atoms with Gasteiger partial charge in [0.05, 0.1) is 19.1 Å². The summed E-state index contributed by atoms with van der Waals surface area (Å²) in [6, 6.07) is 0. The van der Waals surface area contributed by atoms with Gasteiger partial charge in [-0.2, -0.15) is 0 Å². The second-order valence-electron chi connectivity index (χ2n) is 13.8. The highest BCUT2D eigenvalue weighted by atomic mass is 16.5. The molecule has 4 aliphatic carbocycles. The van der Waals surface area contributed by atoms with Crippen LogP contribution in [0, 0.1) is 45.3 Å². The van der Waals surface area contributed by atoms with Crippen molar-refractivity contribution in [2.24, 2.45) is 45.3 Å². The summed E-state index contributed by atoms with van der Waals surface area (Å²) in [6.07, 6.45) is 9.55. The number of Topliss-reactive ketones (excluding diaryl/α,β-unsaturated/α-hetero) is 1. The summed E-state index contributed by atoms with van der Waals surface area (Å²) in [5.41, 5.74) is 3.03. The number of ether oxygens (including phenoxy) is 1. The van der Waals surface area contributed by atoms with Gasteiger partial charge in [-0.25, -0.2) is 0 Å². The lowest BCUT2D eigenvalue weighted by atomic mass is 9.44. The molecule has 200 valence electrons. The molecule has 0 bridgehead atoms. The van der Waals surface area contributed by atoms with Crippen LogP contribution in [0.15, 0.2) is 35.5 Å². The highest BCUT2D eigenvalue weighted by Crippen LogP contribution is 2.71. The first-order chi connectivity index (χ1) is 16.6. The van der Waals surface area contributed by atoms with Crippen LogP contribution in [-0.2, 0) is 14.3 Å². The van der Waals surface area contributed by atoms with Crippen molar-refractivity contribution in [2.45, 2.75) is 99.5 Å². The lowest BCUT2D eigenvalue weighted by Crippen LogP contribution is -2.53. The molecule has 0 amide bonds. The zero-order valence-electron chi connectivity index (χ0n) is 23.9. The van der Waals surface area contributed by atoms with Crippen LogP contribution in [-0.4, -0.2) is 30.1 Å². The number of aliphatic hydroxyl groups excluding tert-OH is 1. The van der Waals surface area contributed by atoms with Crippen molar-refractivity contribution in [1.82, 2.24) is 0 Å². The molecule has 7 unspecified atom stereocenters. The zero-order valence-corrected chi connectivity index (χ0v) is 23.9. The Balaban J connectivity index is 1.74. The van der Waals surface area contributed by atoms with E-state index in [0.29, 0.717) is 36.9 Å². The summed E-state index contributed by atoms with van der Waals surface area (Å²) >= 11 is 0. The van der Waals surface area contributed by atoms with E-state index in [0.717, 1.165) is 31.3 Å². The van der Waals surface area contributed by atoms with Crippen LogP contribution in [0.5, 0.6) is 0 Å². The van der Waals surface area contributed by atoms with Gasteiger partial charge >= 0.3 is 5.97 Å². The van der Waals surface area contributed by atoms with E-state index in [4.69, 9.17) is 4.74 Å². The minimum absolute atomic E-state index is 0.0361. The minimum atomic E-state index is -0.569. The summed E-state index contributed by atoms with van der Waals surface area (Å²) in [6.45, 7) is 19.7. The number of hydrogen-bond acceptors (Lipinski definition) is 4. The van der Waals surface area contributed by atoms with E-state index < -0.39 is 6.10 Å². The molecule has 4 nitrogen and oxygen atoms in total. The van der Waals surface area contributed by atoms with Gasteiger partial charge in [0.25, 0.3) is 0 Å². The van der Waals surface area contributed by atoms with Gasteiger partial charge < -0.3 is 9.84 Å². The van der Waals surface area contributed by atoms with E-state index in [-0.39, 0.29) is 39.5 Å². The molecule has 4 rings (SSSR count). The molecule has 36 heavy (non-hydrogen) atoms. The van der Waals surface area contributed by atoms with Crippen LogP contribution in [0.25, 0.3) is 0 Å². The number of allylic oxidation sites excluding steroid dienone is 5. The molecule has 0 aromatic carbocycles. The van der Waals surface area contributed by atoms with Gasteiger partial charge in [-0.3, -0.25) is 9.59 Å². The molecule has 2 fully saturated rings. The lowest BCUT2D eigenvalue weighted by molar-refractivity contribution is -0.152. The Bertz CT molecular complexity index is 1020. The van der Waals surface area contributed by atoms with E-state index in [1.807, 2.05) is 0 Å². The number of methoxy groups -OCH3 is 1. The lowest BCUT2D eigenvalue weighted by Gasteiger charge is -2.59. The van der Waals surface area contributed by atoms with Crippen molar-refractivity contribution in [3.05, 3.63) is 35.5 Å². The van der Waals surface area contributed by atoms with Crippen molar-refractivity contribution >= 4 is 11.8 Å². The third kappa shape index (κ3) is 3.72. The Labute approximate surface area is 218 Å². The molecule has 0 heterocycles. The molecule has 7 atom stereocenters. The van der Waals surface area contributed by atoms with Crippen molar-refractivity contribution in [2.75, 3.05) is 7.11 Å². The molecule has 2 saturated carbocycles.